The van der Waals surface area contributed by atoms with Crippen molar-refractivity contribution in [2.24, 2.45) is 0 Å². The lowest BCUT2D eigenvalue weighted by molar-refractivity contribution is 0.596. The van der Waals surface area contributed by atoms with Crippen molar-refractivity contribution in [2.45, 2.75) is 26.3 Å². The summed E-state index contributed by atoms with van der Waals surface area (Å²) in [4.78, 5) is 5.16. The van der Waals surface area contributed by atoms with Gasteiger partial charge in [0.15, 0.2) is 0 Å². The van der Waals surface area contributed by atoms with Crippen LogP contribution in [0.5, 0.6) is 0 Å². The number of nitrogens with one attached hydrogen (secondary N) is 2. The standard InChI is InChI=1S/C24H20N6O/c1-11-8-24(2,3)30(4)18-7-19-14(5-12(11)18)20-16(10-26)17(27)6-13-15(9-25)22(28)29-23(31-19)21(13)20/h5-8,27,29H,28H2,1-4H3. The van der Waals surface area contributed by atoms with Crippen LogP contribution in [0.25, 0.3) is 38.4 Å². The molecule has 0 saturated heterocycles. The Hall–Kier alpha value is -4.23. The number of allylic oxidation sites excluding steroid dienone is 1. The van der Waals surface area contributed by atoms with E-state index in [-0.39, 0.29) is 27.8 Å². The molecule has 31 heavy (non-hydrogen) atoms. The molecule has 2 aromatic carbocycles. The van der Waals surface area contributed by atoms with E-state index in [1.165, 1.54) is 6.07 Å². The lowest BCUT2D eigenvalue weighted by atomic mass is 9.87. The van der Waals surface area contributed by atoms with E-state index < -0.39 is 0 Å². The number of rotatable bonds is 0. The number of aromatic nitrogens is 1. The summed E-state index contributed by atoms with van der Waals surface area (Å²) in [5.41, 5.74) is 10.5. The molecule has 0 spiro atoms. The summed E-state index contributed by atoms with van der Waals surface area (Å²) in [7, 11) is 2.04. The monoisotopic (exact) mass is 408 g/mol. The van der Waals surface area contributed by atoms with Gasteiger partial charge in [0, 0.05) is 40.5 Å². The van der Waals surface area contributed by atoms with E-state index in [1.807, 2.05) is 19.2 Å². The molecule has 7 nitrogen and oxygen atoms in total. The van der Waals surface area contributed by atoms with Crippen LogP contribution in [0.1, 0.15) is 37.5 Å². The van der Waals surface area contributed by atoms with E-state index in [4.69, 9.17) is 15.6 Å². The van der Waals surface area contributed by atoms with Gasteiger partial charge in [0.25, 0.3) is 0 Å². The van der Waals surface area contributed by atoms with Crippen LogP contribution in [0.2, 0.25) is 0 Å². The van der Waals surface area contributed by atoms with Crippen molar-refractivity contribution in [1.29, 1.82) is 15.9 Å². The number of benzene rings is 2. The first-order valence-electron chi connectivity index (χ1n) is 9.85. The van der Waals surface area contributed by atoms with Crippen molar-refractivity contribution in [2.75, 3.05) is 17.7 Å². The van der Waals surface area contributed by atoms with Gasteiger partial charge in [0.1, 0.15) is 29.1 Å². The van der Waals surface area contributed by atoms with Gasteiger partial charge in [-0.1, -0.05) is 6.08 Å². The highest BCUT2D eigenvalue weighted by Crippen LogP contribution is 2.43. The van der Waals surface area contributed by atoms with Gasteiger partial charge in [-0.05, 0) is 38.5 Å². The molecule has 3 heterocycles. The second kappa shape index (κ2) is 5.90. The van der Waals surface area contributed by atoms with Crippen LogP contribution in [0, 0.1) is 28.1 Å². The molecule has 0 aliphatic carbocycles. The highest BCUT2D eigenvalue weighted by atomic mass is 16.3. The minimum atomic E-state index is -0.164. The number of nitrogens with two attached hydrogens (primary N) is 1. The van der Waals surface area contributed by atoms with Crippen LogP contribution in [0.15, 0.2) is 28.7 Å². The number of H-pyrrole nitrogens is 1. The van der Waals surface area contributed by atoms with Gasteiger partial charge >= 0.3 is 0 Å². The number of anilines is 2. The Labute approximate surface area is 178 Å². The molecule has 152 valence electrons. The number of nitrogen functional groups attached to an aromatic ring is 1. The van der Waals surface area contributed by atoms with E-state index in [9.17, 15) is 10.5 Å². The van der Waals surface area contributed by atoms with Crippen LogP contribution < -0.4 is 16.0 Å². The van der Waals surface area contributed by atoms with Gasteiger partial charge in [0.2, 0.25) is 5.71 Å². The van der Waals surface area contributed by atoms with Crippen LogP contribution in [-0.4, -0.2) is 17.6 Å². The molecule has 5 rings (SSSR count). The Morgan fingerprint density at radius 3 is 2.48 bits per heavy atom. The highest BCUT2D eigenvalue weighted by molar-refractivity contribution is 6.21. The summed E-state index contributed by atoms with van der Waals surface area (Å²) in [6.45, 7) is 6.36. The van der Waals surface area contributed by atoms with Gasteiger partial charge in [-0.15, -0.1) is 0 Å². The molecule has 0 bridgehead atoms. The van der Waals surface area contributed by atoms with E-state index in [0.29, 0.717) is 27.5 Å². The number of fused-ring (bicyclic) bond motifs is 3. The fourth-order valence-corrected chi connectivity index (χ4v) is 4.66. The Balaban J connectivity index is 2.08. The average Bonchev–Trinajstić information content (AvgIpc) is 2.71. The molecule has 0 saturated carbocycles. The Morgan fingerprint density at radius 1 is 1.10 bits per heavy atom. The first kappa shape index (κ1) is 18.8. The number of pyridine rings is 1. The van der Waals surface area contributed by atoms with Crippen LogP contribution in [0.4, 0.5) is 11.5 Å². The molecule has 2 aromatic heterocycles. The fourth-order valence-electron chi connectivity index (χ4n) is 4.66. The van der Waals surface area contributed by atoms with Gasteiger partial charge in [-0.25, -0.2) is 0 Å². The first-order valence-corrected chi connectivity index (χ1v) is 9.85. The third-order valence-electron chi connectivity index (χ3n) is 6.36. The molecule has 0 amide bonds. The normalized spacial score (nSPS) is 15.0. The van der Waals surface area contributed by atoms with Crippen molar-refractivity contribution in [1.82, 2.24) is 4.98 Å². The van der Waals surface area contributed by atoms with Crippen molar-refractivity contribution < 1.29 is 4.42 Å². The number of nitriles is 2. The second-order valence-corrected chi connectivity index (χ2v) is 8.57. The largest absolute Gasteiger partial charge is 0.440 e. The lowest BCUT2D eigenvalue weighted by Gasteiger charge is -2.40. The number of hydrogen-bond acceptors (Lipinski definition) is 6. The molecule has 1 aliphatic rings. The van der Waals surface area contributed by atoms with Gasteiger partial charge in [-0.3, -0.25) is 5.41 Å². The summed E-state index contributed by atoms with van der Waals surface area (Å²) in [5.74, 6) is 0.165. The van der Waals surface area contributed by atoms with Crippen LogP contribution in [0.3, 0.4) is 0 Å². The van der Waals surface area contributed by atoms with Gasteiger partial charge in [-0.2, -0.15) is 10.5 Å². The number of likely N-dealkylation sites (N-methyl/N-ethyl adjacent to an activating group) is 1. The topological polar surface area (TPSA) is 130 Å². The summed E-state index contributed by atoms with van der Waals surface area (Å²) >= 11 is 0. The molecule has 4 N–H and O–H groups in total. The maximum Gasteiger partial charge on any atom is 0.207 e. The van der Waals surface area contributed by atoms with Gasteiger partial charge in [0.05, 0.1) is 21.8 Å². The second-order valence-electron chi connectivity index (χ2n) is 8.57. The molecular weight excluding hydrogens is 388 g/mol. The van der Waals surface area contributed by atoms with E-state index in [0.717, 1.165) is 22.2 Å². The molecule has 4 aromatic rings. The SMILES string of the molecule is CC1=CC(C)(C)N(C)c2cc3oc4[nH]c(N)c(C#N)c5cc(=N)c(C#N)c(c3cc21)c45. The third-order valence-corrected chi connectivity index (χ3v) is 6.36. The molecule has 0 atom stereocenters. The average molecular weight is 408 g/mol. The Bertz CT molecular complexity index is 1640. The van der Waals surface area contributed by atoms with E-state index in [2.05, 4.69) is 48.9 Å². The minimum Gasteiger partial charge on any atom is -0.440 e. The smallest absolute Gasteiger partial charge is 0.207 e. The molecule has 0 unspecified atom stereocenters. The summed E-state index contributed by atoms with van der Waals surface area (Å²) in [6.07, 6.45) is 2.21. The zero-order valence-corrected chi connectivity index (χ0v) is 17.6. The summed E-state index contributed by atoms with van der Waals surface area (Å²) < 4.78 is 6.23. The molecule has 0 fully saturated rings. The summed E-state index contributed by atoms with van der Waals surface area (Å²) in [6, 6.07) is 9.78. The fraction of sp³-hybridized carbons (Fsp3) is 0.208. The Kier molecular flexibility index (Phi) is 3.57. The maximum atomic E-state index is 9.88. The predicted octanol–water partition coefficient (Wildman–Crippen LogP) is 4.50. The van der Waals surface area contributed by atoms with Crippen molar-refractivity contribution in [3.8, 4) is 12.1 Å². The van der Waals surface area contributed by atoms with Crippen LogP contribution >= 0.6 is 0 Å². The molecular formula is C24H20N6O. The predicted molar refractivity (Wildman–Crippen MR) is 121 cm³/mol. The van der Waals surface area contributed by atoms with Crippen LogP contribution in [-0.2, 0) is 0 Å². The quantitative estimate of drug-likeness (QED) is 0.291. The third kappa shape index (κ3) is 2.35. The number of aromatic amines is 1. The first-order chi connectivity index (χ1) is 14.7. The van der Waals surface area contributed by atoms with E-state index >= 15 is 0 Å². The van der Waals surface area contributed by atoms with Crippen molar-refractivity contribution in [3.63, 3.8) is 0 Å². The highest BCUT2D eigenvalue weighted by Gasteiger charge is 2.30. The molecule has 1 aliphatic heterocycles. The number of nitrogens with zero attached hydrogens (tertiary/aromatic N) is 3. The summed E-state index contributed by atoms with van der Waals surface area (Å²) in [5, 5.41) is 30.4. The van der Waals surface area contributed by atoms with Crippen molar-refractivity contribution >= 4 is 49.9 Å². The molecule has 7 heteroatoms. The lowest BCUT2D eigenvalue weighted by Crippen LogP contribution is -2.42. The van der Waals surface area contributed by atoms with Crippen molar-refractivity contribution in [3.05, 3.63) is 46.3 Å². The zero-order valence-electron chi connectivity index (χ0n) is 17.6. The minimum absolute atomic E-state index is 0.0501. The molecule has 0 radical (unpaired) electrons. The van der Waals surface area contributed by atoms with Gasteiger partial charge < -0.3 is 20.0 Å². The van der Waals surface area contributed by atoms with E-state index in [1.54, 1.807) is 0 Å². The Morgan fingerprint density at radius 2 is 1.81 bits per heavy atom. The number of hydrogen-bond donors (Lipinski definition) is 3. The maximum absolute atomic E-state index is 9.88. The zero-order chi connectivity index (χ0) is 22.2.